The van der Waals surface area contributed by atoms with Crippen LogP contribution in [0.25, 0.3) is 0 Å². The lowest BCUT2D eigenvalue weighted by Crippen LogP contribution is -2.19. The summed E-state index contributed by atoms with van der Waals surface area (Å²) < 4.78 is 4.93. The van der Waals surface area contributed by atoms with Gasteiger partial charge in [0.1, 0.15) is 5.75 Å². The number of rotatable bonds is 3. The van der Waals surface area contributed by atoms with E-state index in [9.17, 15) is 9.90 Å². The zero-order valence-electron chi connectivity index (χ0n) is 9.90. The predicted octanol–water partition coefficient (Wildman–Crippen LogP) is 0.924. The molecular formula is C13H17NO3. The van der Waals surface area contributed by atoms with Crippen LogP contribution in [0.3, 0.4) is 0 Å². The molecule has 17 heavy (non-hydrogen) atoms. The second-order valence-corrected chi connectivity index (χ2v) is 4.35. The smallest absolute Gasteiger partial charge is 0.310 e. The summed E-state index contributed by atoms with van der Waals surface area (Å²) in [4.78, 5) is 11.5. The van der Waals surface area contributed by atoms with Crippen LogP contribution in [0.2, 0.25) is 0 Å². The number of hydrogen-bond acceptors (Lipinski definition) is 4. The zero-order valence-corrected chi connectivity index (χ0v) is 9.90. The molecule has 3 N–H and O–H groups in total. The molecule has 0 amide bonds. The third-order valence-corrected chi connectivity index (χ3v) is 3.08. The summed E-state index contributed by atoms with van der Waals surface area (Å²) in [6.07, 6.45) is 1.65. The second kappa shape index (κ2) is 4.75. The number of fused-ring (bicyclic) bond motifs is 1. The van der Waals surface area contributed by atoms with Gasteiger partial charge in [0.15, 0.2) is 0 Å². The van der Waals surface area contributed by atoms with Gasteiger partial charge in [-0.3, -0.25) is 4.79 Å². The van der Waals surface area contributed by atoms with Crippen LogP contribution in [0.4, 0.5) is 0 Å². The molecule has 1 aromatic rings. The average Bonchev–Trinajstić information content (AvgIpc) is 2.66. The fourth-order valence-electron chi connectivity index (χ4n) is 2.34. The summed E-state index contributed by atoms with van der Waals surface area (Å²) in [7, 11) is 0. The van der Waals surface area contributed by atoms with Gasteiger partial charge in [0.05, 0.1) is 13.0 Å². The maximum Gasteiger partial charge on any atom is 0.310 e. The van der Waals surface area contributed by atoms with E-state index in [0.717, 1.165) is 23.1 Å². The van der Waals surface area contributed by atoms with Crippen molar-refractivity contribution < 1.29 is 14.6 Å². The Hall–Kier alpha value is -1.55. The molecule has 4 nitrogen and oxygen atoms in total. The minimum atomic E-state index is -0.235. The van der Waals surface area contributed by atoms with Gasteiger partial charge in [-0.05, 0) is 42.5 Å². The van der Waals surface area contributed by atoms with Gasteiger partial charge >= 0.3 is 5.97 Å². The highest BCUT2D eigenvalue weighted by Gasteiger charge is 2.24. The Bertz CT molecular complexity index is 443. The molecule has 0 aliphatic heterocycles. The van der Waals surface area contributed by atoms with Crippen molar-refractivity contribution >= 4 is 5.97 Å². The fourth-order valence-corrected chi connectivity index (χ4v) is 2.34. The minimum absolute atomic E-state index is 0.0410. The quantitative estimate of drug-likeness (QED) is 0.764. The van der Waals surface area contributed by atoms with Crippen LogP contribution in [0.5, 0.6) is 5.75 Å². The number of phenolic OH excluding ortho intramolecular Hbond substituents is 1. The first-order valence-electron chi connectivity index (χ1n) is 5.85. The van der Waals surface area contributed by atoms with Crippen LogP contribution < -0.4 is 5.73 Å². The summed E-state index contributed by atoms with van der Waals surface area (Å²) in [5.41, 5.74) is 8.71. The predicted molar refractivity (Wildman–Crippen MR) is 63.8 cm³/mol. The summed E-state index contributed by atoms with van der Waals surface area (Å²) in [6.45, 7) is 2.17. The SMILES string of the molecule is CCOC(=O)Cc1ccc(O)c2c1CC(N)C2. The van der Waals surface area contributed by atoms with E-state index in [2.05, 4.69) is 0 Å². The Balaban J connectivity index is 2.25. The van der Waals surface area contributed by atoms with Crippen molar-refractivity contribution in [2.24, 2.45) is 5.73 Å². The summed E-state index contributed by atoms with van der Waals surface area (Å²) in [5.74, 6) is 0.0430. The van der Waals surface area contributed by atoms with Gasteiger partial charge in [0.2, 0.25) is 0 Å². The van der Waals surface area contributed by atoms with Crippen molar-refractivity contribution in [3.8, 4) is 5.75 Å². The lowest BCUT2D eigenvalue weighted by Gasteiger charge is -2.09. The van der Waals surface area contributed by atoms with Gasteiger partial charge in [-0.15, -0.1) is 0 Å². The second-order valence-electron chi connectivity index (χ2n) is 4.35. The molecule has 0 spiro atoms. The van der Waals surface area contributed by atoms with Gasteiger partial charge in [-0.1, -0.05) is 6.07 Å². The largest absolute Gasteiger partial charge is 0.508 e. The molecule has 1 atom stereocenters. The number of esters is 1. The molecular weight excluding hydrogens is 218 g/mol. The summed E-state index contributed by atoms with van der Waals surface area (Å²) >= 11 is 0. The Kier molecular flexibility index (Phi) is 3.33. The molecule has 4 heteroatoms. The highest BCUT2D eigenvalue weighted by Crippen LogP contribution is 2.32. The van der Waals surface area contributed by atoms with E-state index in [1.54, 1.807) is 19.1 Å². The van der Waals surface area contributed by atoms with Gasteiger partial charge < -0.3 is 15.6 Å². The molecule has 1 aliphatic carbocycles. The van der Waals surface area contributed by atoms with Gasteiger partial charge in [-0.2, -0.15) is 0 Å². The molecule has 1 aliphatic rings. The third kappa shape index (κ3) is 2.42. The van der Waals surface area contributed by atoms with Crippen molar-refractivity contribution in [3.05, 3.63) is 28.8 Å². The van der Waals surface area contributed by atoms with E-state index >= 15 is 0 Å². The lowest BCUT2D eigenvalue weighted by molar-refractivity contribution is -0.142. The molecule has 0 fully saturated rings. The number of carbonyl (C=O) groups is 1. The van der Waals surface area contributed by atoms with Crippen molar-refractivity contribution in [2.75, 3.05) is 6.61 Å². The molecule has 0 aromatic heterocycles. The lowest BCUT2D eigenvalue weighted by atomic mass is 10.00. The van der Waals surface area contributed by atoms with Crippen molar-refractivity contribution in [3.63, 3.8) is 0 Å². The molecule has 0 bridgehead atoms. The first kappa shape index (κ1) is 11.9. The molecule has 0 heterocycles. The minimum Gasteiger partial charge on any atom is -0.508 e. The Labute approximate surface area is 100 Å². The highest BCUT2D eigenvalue weighted by atomic mass is 16.5. The van der Waals surface area contributed by atoms with E-state index in [1.165, 1.54) is 0 Å². The first-order valence-corrected chi connectivity index (χ1v) is 5.85. The average molecular weight is 235 g/mol. The topological polar surface area (TPSA) is 72.5 Å². The first-order chi connectivity index (χ1) is 8.11. The van der Waals surface area contributed by atoms with E-state index in [-0.39, 0.29) is 24.2 Å². The number of hydrogen-bond donors (Lipinski definition) is 2. The maximum absolute atomic E-state index is 11.5. The maximum atomic E-state index is 11.5. The molecule has 1 unspecified atom stereocenters. The monoisotopic (exact) mass is 235 g/mol. The van der Waals surface area contributed by atoms with Crippen LogP contribution in [0.1, 0.15) is 23.6 Å². The van der Waals surface area contributed by atoms with E-state index in [0.29, 0.717) is 13.0 Å². The van der Waals surface area contributed by atoms with Gasteiger partial charge in [0, 0.05) is 6.04 Å². The number of benzene rings is 1. The molecule has 0 saturated heterocycles. The number of carbonyl (C=O) groups excluding carboxylic acids is 1. The normalized spacial score (nSPS) is 17.9. The Morgan fingerprint density at radius 3 is 2.88 bits per heavy atom. The molecule has 0 saturated carbocycles. The van der Waals surface area contributed by atoms with Crippen LogP contribution >= 0.6 is 0 Å². The van der Waals surface area contributed by atoms with Gasteiger partial charge in [0.25, 0.3) is 0 Å². The van der Waals surface area contributed by atoms with Gasteiger partial charge in [-0.25, -0.2) is 0 Å². The number of ether oxygens (including phenoxy) is 1. The Morgan fingerprint density at radius 2 is 2.18 bits per heavy atom. The zero-order chi connectivity index (χ0) is 12.4. The standard InChI is InChI=1S/C13H17NO3/c1-2-17-13(16)5-8-3-4-12(15)11-7-9(14)6-10(8)11/h3-4,9,15H,2,5-7,14H2,1H3. The number of phenols is 1. The molecule has 2 rings (SSSR count). The highest BCUT2D eigenvalue weighted by molar-refractivity contribution is 5.73. The van der Waals surface area contributed by atoms with E-state index in [1.807, 2.05) is 0 Å². The molecule has 1 aromatic carbocycles. The van der Waals surface area contributed by atoms with Crippen LogP contribution in [-0.2, 0) is 28.8 Å². The molecule has 0 radical (unpaired) electrons. The van der Waals surface area contributed by atoms with E-state index < -0.39 is 0 Å². The number of nitrogens with two attached hydrogens (primary N) is 1. The van der Waals surface area contributed by atoms with E-state index in [4.69, 9.17) is 10.5 Å². The molecule has 92 valence electrons. The fraction of sp³-hybridized carbons (Fsp3) is 0.462. The van der Waals surface area contributed by atoms with Crippen LogP contribution in [0, 0.1) is 0 Å². The van der Waals surface area contributed by atoms with Crippen molar-refractivity contribution in [1.82, 2.24) is 0 Å². The number of aromatic hydroxyl groups is 1. The van der Waals surface area contributed by atoms with Crippen LogP contribution in [-0.4, -0.2) is 23.7 Å². The van der Waals surface area contributed by atoms with Crippen LogP contribution in [0.15, 0.2) is 12.1 Å². The van der Waals surface area contributed by atoms with Crippen molar-refractivity contribution in [2.45, 2.75) is 32.2 Å². The summed E-state index contributed by atoms with van der Waals surface area (Å²) in [5, 5.41) is 9.74. The van der Waals surface area contributed by atoms with Crippen molar-refractivity contribution in [1.29, 1.82) is 0 Å². The third-order valence-electron chi connectivity index (χ3n) is 3.08. The summed E-state index contributed by atoms with van der Waals surface area (Å²) in [6, 6.07) is 3.45. The Morgan fingerprint density at radius 1 is 1.47 bits per heavy atom.